The first-order chi connectivity index (χ1) is 9.72. The number of para-hydroxylation sites is 1. The third-order valence-corrected chi connectivity index (χ3v) is 3.83. The second-order valence-corrected chi connectivity index (χ2v) is 5.35. The van der Waals surface area contributed by atoms with E-state index in [0.717, 1.165) is 45.6 Å². The Bertz CT molecular complexity index is 439. The smallest absolute Gasteiger partial charge is 0.317 e. The molecule has 0 atom stereocenters. The zero-order chi connectivity index (χ0) is 14.4. The molecule has 2 rings (SSSR count). The minimum absolute atomic E-state index is 0.0860. The van der Waals surface area contributed by atoms with E-state index in [2.05, 4.69) is 48.3 Å². The van der Waals surface area contributed by atoms with Crippen LogP contribution in [0.5, 0.6) is 0 Å². The van der Waals surface area contributed by atoms with Crippen LogP contribution in [-0.2, 0) is 0 Å². The second-order valence-electron chi connectivity index (χ2n) is 5.35. The Morgan fingerprint density at radius 1 is 1.20 bits per heavy atom. The normalized spacial score (nSPS) is 15.3. The van der Waals surface area contributed by atoms with Gasteiger partial charge in [0.05, 0.1) is 0 Å². The number of aryl methyl sites for hydroxylation is 1. The van der Waals surface area contributed by atoms with Crippen molar-refractivity contribution < 1.29 is 4.79 Å². The minimum atomic E-state index is 0.0860. The summed E-state index contributed by atoms with van der Waals surface area (Å²) in [7, 11) is 0. The number of rotatable bonds is 4. The molecular formula is C16H25N3O. The quantitative estimate of drug-likeness (QED) is 0.857. The summed E-state index contributed by atoms with van der Waals surface area (Å²) in [5, 5.41) is 2.99. The van der Waals surface area contributed by atoms with E-state index in [9.17, 15) is 4.79 Å². The van der Waals surface area contributed by atoms with Crippen LogP contribution in [0.25, 0.3) is 0 Å². The fourth-order valence-electron chi connectivity index (χ4n) is 2.55. The number of urea groups is 1. The predicted octanol–water partition coefficient (Wildman–Crippen LogP) is 2.63. The molecule has 0 spiro atoms. The maximum absolute atomic E-state index is 12.0. The monoisotopic (exact) mass is 275 g/mol. The first-order valence-corrected chi connectivity index (χ1v) is 7.55. The number of carbonyl (C=O) groups is 1. The zero-order valence-electron chi connectivity index (χ0n) is 12.6. The van der Waals surface area contributed by atoms with Gasteiger partial charge in [-0.2, -0.15) is 0 Å². The standard InChI is InChI=1S/C16H25N3O/c1-3-4-9-17-16(20)19-12-10-18(11-13-19)15-8-6-5-7-14(15)2/h5-8H,3-4,9-13H2,1-2H3,(H,17,20). The molecule has 4 nitrogen and oxygen atoms in total. The van der Waals surface area contributed by atoms with Gasteiger partial charge in [0.25, 0.3) is 0 Å². The van der Waals surface area contributed by atoms with Gasteiger partial charge >= 0.3 is 6.03 Å². The summed E-state index contributed by atoms with van der Waals surface area (Å²) in [6.07, 6.45) is 2.16. The van der Waals surface area contributed by atoms with Gasteiger partial charge in [-0.1, -0.05) is 31.5 Å². The van der Waals surface area contributed by atoms with Gasteiger partial charge in [-0.15, -0.1) is 0 Å². The third-order valence-electron chi connectivity index (χ3n) is 3.83. The Morgan fingerprint density at radius 2 is 1.90 bits per heavy atom. The molecule has 0 aromatic heterocycles. The summed E-state index contributed by atoms with van der Waals surface area (Å²) >= 11 is 0. The van der Waals surface area contributed by atoms with Crippen LogP contribution in [0.4, 0.5) is 10.5 Å². The molecule has 20 heavy (non-hydrogen) atoms. The molecule has 1 N–H and O–H groups in total. The third kappa shape index (κ3) is 3.65. The predicted molar refractivity (Wildman–Crippen MR) is 83.3 cm³/mol. The fraction of sp³-hybridized carbons (Fsp3) is 0.562. The maximum atomic E-state index is 12.0. The van der Waals surface area contributed by atoms with E-state index in [0.29, 0.717) is 0 Å². The lowest BCUT2D eigenvalue weighted by Crippen LogP contribution is -2.52. The van der Waals surface area contributed by atoms with E-state index >= 15 is 0 Å². The topological polar surface area (TPSA) is 35.6 Å². The van der Waals surface area contributed by atoms with E-state index in [1.807, 2.05) is 4.90 Å². The summed E-state index contributed by atoms with van der Waals surface area (Å²) < 4.78 is 0. The van der Waals surface area contributed by atoms with Crippen LogP contribution in [0.1, 0.15) is 25.3 Å². The van der Waals surface area contributed by atoms with E-state index in [4.69, 9.17) is 0 Å². The van der Waals surface area contributed by atoms with Crippen molar-refractivity contribution in [1.29, 1.82) is 0 Å². The average molecular weight is 275 g/mol. The lowest BCUT2D eigenvalue weighted by Gasteiger charge is -2.36. The highest BCUT2D eigenvalue weighted by molar-refractivity contribution is 5.74. The molecule has 0 aliphatic carbocycles. The Hall–Kier alpha value is -1.71. The van der Waals surface area contributed by atoms with Crippen LogP contribution in [0, 0.1) is 6.92 Å². The van der Waals surface area contributed by atoms with Gasteiger partial charge < -0.3 is 15.1 Å². The van der Waals surface area contributed by atoms with Crippen molar-refractivity contribution in [2.45, 2.75) is 26.7 Å². The molecule has 0 unspecified atom stereocenters. The van der Waals surface area contributed by atoms with Crippen molar-refractivity contribution in [3.8, 4) is 0 Å². The molecule has 0 bridgehead atoms. The van der Waals surface area contributed by atoms with E-state index in [-0.39, 0.29) is 6.03 Å². The number of hydrogen-bond donors (Lipinski definition) is 1. The lowest BCUT2D eigenvalue weighted by atomic mass is 10.1. The molecular weight excluding hydrogens is 250 g/mol. The Morgan fingerprint density at radius 3 is 2.55 bits per heavy atom. The molecule has 0 saturated carbocycles. The lowest BCUT2D eigenvalue weighted by molar-refractivity contribution is 0.194. The summed E-state index contributed by atoms with van der Waals surface area (Å²) in [5.74, 6) is 0. The summed E-state index contributed by atoms with van der Waals surface area (Å²) in [6.45, 7) is 8.47. The highest BCUT2D eigenvalue weighted by atomic mass is 16.2. The van der Waals surface area contributed by atoms with Gasteiger partial charge in [0.15, 0.2) is 0 Å². The molecule has 1 aliphatic rings. The molecule has 1 aliphatic heterocycles. The van der Waals surface area contributed by atoms with E-state index < -0.39 is 0 Å². The minimum Gasteiger partial charge on any atom is -0.368 e. The Kier molecular flexibility index (Phi) is 5.27. The van der Waals surface area contributed by atoms with Crippen LogP contribution < -0.4 is 10.2 Å². The van der Waals surface area contributed by atoms with Crippen molar-refractivity contribution >= 4 is 11.7 Å². The van der Waals surface area contributed by atoms with Gasteiger partial charge in [0.1, 0.15) is 0 Å². The highest BCUT2D eigenvalue weighted by Crippen LogP contribution is 2.20. The average Bonchev–Trinajstić information content (AvgIpc) is 2.48. The largest absolute Gasteiger partial charge is 0.368 e. The van der Waals surface area contributed by atoms with E-state index in [1.165, 1.54) is 11.3 Å². The van der Waals surface area contributed by atoms with Crippen LogP contribution in [0.15, 0.2) is 24.3 Å². The summed E-state index contributed by atoms with van der Waals surface area (Å²) in [6, 6.07) is 8.52. The van der Waals surface area contributed by atoms with E-state index in [1.54, 1.807) is 0 Å². The molecule has 2 amide bonds. The van der Waals surface area contributed by atoms with Crippen molar-refractivity contribution in [2.75, 3.05) is 37.6 Å². The SMILES string of the molecule is CCCCNC(=O)N1CCN(c2ccccc2C)CC1. The van der Waals surface area contributed by atoms with Crippen LogP contribution in [-0.4, -0.2) is 43.7 Å². The number of benzene rings is 1. The number of hydrogen-bond acceptors (Lipinski definition) is 2. The Labute approximate surface area is 121 Å². The van der Waals surface area contributed by atoms with Crippen LogP contribution in [0.2, 0.25) is 0 Å². The fourth-order valence-corrected chi connectivity index (χ4v) is 2.55. The summed E-state index contributed by atoms with van der Waals surface area (Å²) in [4.78, 5) is 16.3. The van der Waals surface area contributed by atoms with Gasteiger partial charge in [0, 0.05) is 38.4 Å². The van der Waals surface area contributed by atoms with Crippen molar-refractivity contribution in [1.82, 2.24) is 10.2 Å². The molecule has 110 valence electrons. The van der Waals surface area contributed by atoms with Gasteiger partial charge in [-0.05, 0) is 25.0 Å². The number of carbonyl (C=O) groups excluding carboxylic acids is 1. The highest BCUT2D eigenvalue weighted by Gasteiger charge is 2.21. The van der Waals surface area contributed by atoms with Crippen molar-refractivity contribution in [3.63, 3.8) is 0 Å². The van der Waals surface area contributed by atoms with Gasteiger partial charge in [0.2, 0.25) is 0 Å². The molecule has 1 heterocycles. The molecule has 4 heteroatoms. The molecule has 0 radical (unpaired) electrons. The van der Waals surface area contributed by atoms with Gasteiger partial charge in [-0.3, -0.25) is 0 Å². The number of amides is 2. The number of nitrogens with one attached hydrogen (secondary N) is 1. The number of nitrogens with zero attached hydrogens (tertiary/aromatic N) is 2. The van der Waals surface area contributed by atoms with Crippen molar-refractivity contribution in [3.05, 3.63) is 29.8 Å². The molecule has 1 aromatic rings. The summed E-state index contributed by atoms with van der Waals surface area (Å²) in [5.41, 5.74) is 2.59. The number of anilines is 1. The maximum Gasteiger partial charge on any atom is 0.317 e. The molecule has 1 saturated heterocycles. The zero-order valence-corrected chi connectivity index (χ0v) is 12.6. The number of piperazine rings is 1. The Balaban J connectivity index is 1.83. The van der Waals surface area contributed by atoms with Crippen LogP contribution >= 0.6 is 0 Å². The van der Waals surface area contributed by atoms with Crippen LogP contribution in [0.3, 0.4) is 0 Å². The second kappa shape index (κ2) is 7.17. The van der Waals surface area contributed by atoms with Crippen molar-refractivity contribution in [2.24, 2.45) is 0 Å². The van der Waals surface area contributed by atoms with Gasteiger partial charge in [-0.25, -0.2) is 4.79 Å². The molecule has 1 fully saturated rings. The first kappa shape index (κ1) is 14.7. The first-order valence-electron chi connectivity index (χ1n) is 7.55. The number of unbranched alkanes of at least 4 members (excludes halogenated alkanes) is 1. The molecule has 1 aromatic carbocycles.